The van der Waals surface area contributed by atoms with Crippen molar-refractivity contribution in [2.24, 2.45) is 0 Å². The molecule has 164 valence electrons. The average Bonchev–Trinajstić information content (AvgIpc) is 3.28. The molecule has 0 spiro atoms. The number of halogens is 2. The summed E-state index contributed by atoms with van der Waals surface area (Å²) in [5, 5.41) is 0.557. The van der Waals surface area contributed by atoms with Crippen LogP contribution >= 0.6 is 27.5 Å². The Kier molecular flexibility index (Phi) is 7.70. The molecule has 0 N–H and O–H groups in total. The summed E-state index contributed by atoms with van der Waals surface area (Å²) in [5.41, 5.74) is 4.27. The number of rotatable bonds is 5. The Morgan fingerprint density at radius 1 is 1.00 bits per heavy atom. The molecular formula is C24H24BrClO5. The summed E-state index contributed by atoms with van der Waals surface area (Å²) in [5.74, 6) is 0.700. The van der Waals surface area contributed by atoms with Gasteiger partial charge in [0.25, 0.3) is 0 Å². The first kappa shape index (κ1) is 23.7. The lowest BCUT2D eigenvalue weighted by atomic mass is 10.0. The number of hydrogen-bond acceptors (Lipinski definition) is 5. The molecule has 0 heterocycles. The number of fused-ring (bicyclic) bond motifs is 2. The van der Waals surface area contributed by atoms with Crippen LogP contribution in [0.3, 0.4) is 0 Å². The zero-order valence-corrected chi connectivity index (χ0v) is 20.0. The van der Waals surface area contributed by atoms with E-state index in [1.54, 1.807) is 27.4 Å². The van der Waals surface area contributed by atoms with Gasteiger partial charge in [-0.05, 0) is 45.1 Å². The van der Waals surface area contributed by atoms with Crippen LogP contribution in [0.15, 0.2) is 41.4 Å². The molecule has 2 aliphatic carbocycles. The fourth-order valence-corrected chi connectivity index (χ4v) is 4.99. The van der Waals surface area contributed by atoms with Crippen LogP contribution in [-0.2, 0) is 28.7 Å². The number of allylic oxidation sites excluding steroid dienone is 1. The molecule has 7 heteroatoms. The van der Waals surface area contributed by atoms with Crippen LogP contribution in [0.5, 0.6) is 5.75 Å². The van der Waals surface area contributed by atoms with Gasteiger partial charge in [-0.2, -0.15) is 0 Å². The van der Waals surface area contributed by atoms with Crippen molar-refractivity contribution < 1.29 is 23.8 Å². The van der Waals surface area contributed by atoms with Crippen molar-refractivity contribution in [1.82, 2.24) is 0 Å². The van der Waals surface area contributed by atoms with E-state index in [2.05, 4.69) is 22.5 Å². The van der Waals surface area contributed by atoms with Crippen molar-refractivity contribution in [3.8, 4) is 5.75 Å². The van der Waals surface area contributed by atoms with Crippen molar-refractivity contribution in [2.75, 3.05) is 21.3 Å². The first-order valence-electron chi connectivity index (χ1n) is 9.78. The fraction of sp³-hybridized carbons (Fsp3) is 0.333. The Bertz CT molecular complexity index is 1030. The molecule has 0 aliphatic heterocycles. The second-order valence-corrected chi connectivity index (χ2v) is 8.44. The van der Waals surface area contributed by atoms with E-state index in [0.717, 1.165) is 21.2 Å². The number of Topliss-reactive ketones (excluding diaryl/α,β-unsaturated/α-hetero) is 2. The Labute approximate surface area is 195 Å². The number of methoxy groups -OCH3 is 3. The van der Waals surface area contributed by atoms with Gasteiger partial charge in [0.15, 0.2) is 11.6 Å². The van der Waals surface area contributed by atoms with Crippen LogP contribution in [0, 0.1) is 0 Å². The van der Waals surface area contributed by atoms with Crippen molar-refractivity contribution in [3.05, 3.63) is 74.2 Å². The van der Waals surface area contributed by atoms with Crippen LogP contribution in [0.2, 0.25) is 5.02 Å². The van der Waals surface area contributed by atoms with Gasteiger partial charge < -0.3 is 14.2 Å². The highest BCUT2D eigenvalue weighted by Gasteiger charge is 2.34. The zero-order chi connectivity index (χ0) is 22.7. The quantitative estimate of drug-likeness (QED) is 0.531. The highest BCUT2D eigenvalue weighted by molar-refractivity contribution is 9.10. The van der Waals surface area contributed by atoms with E-state index in [9.17, 15) is 9.59 Å². The van der Waals surface area contributed by atoms with Crippen molar-refractivity contribution in [1.29, 1.82) is 0 Å². The molecule has 5 nitrogen and oxygen atoms in total. The molecule has 0 radical (unpaired) electrons. The van der Waals surface area contributed by atoms with Crippen LogP contribution < -0.4 is 4.74 Å². The standard InChI is InChI=1S/C13H13ClO2.C11H11BrO3/c1-3-4-8-5-6-9-7-10(16-2)13(15)11(9)12(8)14;1-14-7-4-3-6-5-8(15-2)11(13)9(6)10(7)12/h3,5-6,10H,1,4,7H2,2H3;3-4,8H,5H2,1-2H3. The van der Waals surface area contributed by atoms with Gasteiger partial charge in [-0.1, -0.05) is 35.9 Å². The van der Waals surface area contributed by atoms with E-state index < -0.39 is 0 Å². The first-order valence-corrected chi connectivity index (χ1v) is 10.9. The minimum atomic E-state index is -0.369. The second-order valence-electron chi connectivity index (χ2n) is 7.27. The maximum Gasteiger partial charge on any atom is 0.193 e. The predicted octanol–water partition coefficient (Wildman–Crippen LogP) is 5.03. The predicted molar refractivity (Wildman–Crippen MR) is 124 cm³/mol. The first-order chi connectivity index (χ1) is 14.9. The minimum absolute atomic E-state index is 0.00610. The SMILES string of the molecule is C=CCc1ccc2c(c1Cl)C(=O)C(OC)C2.COc1ccc2c(c1Br)C(=O)C(OC)C2. The van der Waals surface area contributed by atoms with Gasteiger partial charge in [0, 0.05) is 38.2 Å². The van der Waals surface area contributed by atoms with Gasteiger partial charge in [0.2, 0.25) is 0 Å². The third-order valence-corrected chi connectivity index (χ3v) is 6.76. The smallest absolute Gasteiger partial charge is 0.193 e. The summed E-state index contributed by atoms with van der Waals surface area (Å²) in [4.78, 5) is 23.9. The summed E-state index contributed by atoms with van der Waals surface area (Å²) in [6.45, 7) is 3.67. The Hall–Kier alpha value is -1.99. The molecule has 0 amide bonds. The summed E-state index contributed by atoms with van der Waals surface area (Å²) < 4.78 is 16.1. The molecule has 0 bridgehead atoms. The average molecular weight is 508 g/mol. The lowest BCUT2D eigenvalue weighted by molar-refractivity contribution is 0.0643. The number of carbonyl (C=O) groups excluding carboxylic acids is 2. The van der Waals surface area contributed by atoms with Gasteiger partial charge in [-0.25, -0.2) is 0 Å². The summed E-state index contributed by atoms with van der Waals surface area (Å²) in [6.07, 6.45) is 3.01. The van der Waals surface area contributed by atoms with Crippen molar-refractivity contribution in [2.45, 2.75) is 31.5 Å². The number of benzene rings is 2. The normalized spacial score (nSPS) is 18.9. The molecule has 31 heavy (non-hydrogen) atoms. The molecule has 2 aromatic carbocycles. The van der Waals surface area contributed by atoms with Crippen LogP contribution in [-0.4, -0.2) is 45.1 Å². The van der Waals surface area contributed by atoms with E-state index in [1.165, 1.54) is 0 Å². The summed E-state index contributed by atoms with van der Waals surface area (Å²) >= 11 is 9.61. The Morgan fingerprint density at radius 2 is 1.55 bits per heavy atom. The molecule has 0 saturated heterocycles. The maximum absolute atomic E-state index is 12.0. The third-order valence-electron chi connectivity index (χ3n) is 5.54. The monoisotopic (exact) mass is 506 g/mol. The number of ketones is 2. The molecular weight excluding hydrogens is 484 g/mol. The number of carbonyl (C=O) groups is 2. The lowest BCUT2D eigenvalue weighted by Gasteiger charge is -2.06. The van der Waals surface area contributed by atoms with Crippen molar-refractivity contribution >= 4 is 39.1 Å². The van der Waals surface area contributed by atoms with E-state index in [4.69, 9.17) is 25.8 Å². The Morgan fingerprint density at radius 3 is 2.10 bits per heavy atom. The topological polar surface area (TPSA) is 61.8 Å². The second kappa shape index (κ2) is 10.1. The molecule has 0 aromatic heterocycles. The van der Waals surface area contributed by atoms with Crippen molar-refractivity contribution in [3.63, 3.8) is 0 Å². The molecule has 2 unspecified atom stereocenters. The largest absolute Gasteiger partial charge is 0.496 e. The highest BCUT2D eigenvalue weighted by atomic mass is 79.9. The van der Waals surface area contributed by atoms with Gasteiger partial charge in [0.05, 0.1) is 16.6 Å². The highest BCUT2D eigenvalue weighted by Crippen LogP contribution is 2.36. The van der Waals surface area contributed by atoms with Crippen LogP contribution in [0.25, 0.3) is 0 Å². The molecule has 4 rings (SSSR count). The molecule has 0 saturated carbocycles. The summed E-state index contributed by atoms with van der Waals surface area (Å²) in [6, 6.07) is 7.68. The third kappa shape index (κ3) is 4.48. The Balaban J connectivity index is 0.000000176. The number of ether oxygens (including phenoxy) is 3. The van der Waals surface area contributed by atoms with E-state index in [-0.39, 0.29) is 23.8 Å². The van der Waals surface area contributed by atoms with E-state index >= 15 is 0 Å². The van der Waals surface area contributed by atoms with Gasteiger partial charge in [0.1, 0.15) is 18.0 Å². The molecule has 2 atom stereocenters. The summed E-state index contributed by atoms with van der Waals surface area (Å²) in [7, 11) is 4.69. The molecule has 2 aromatic rings. The zero-order valence-electron chi connectivity index (χ0n) is 17.7. The van der Waals surface area contributed by atoms with Crippen LogP contribution in [0.4, 0.5) is 0 Å². The minimum Gasteiger partial charge on any atom is -0.496 e. The van der Waals surface area contributed by atoms with Gasteiger partial charge >= 0.3 is 0 Å². The molecule has 2 aliphatic rings. The van der Waals surface area contributed by atoms with Crippen LogP contribution in [0.1, 0.15) is 37.4 Å². The molecule has 0 fully saturated rings. The van der Waals surface area contributed by atoms with E-state index in [1.807, 2.05) is 24.3 Å². The van der Waals surface area contributed by atoms with Gasteiger partial charge in [-0.15, -0.1) is 6.58 Å². The number of hydrogen-bond donors (Lipinski definition) is 0. The van der Waals surface area contributed by atoms with E-state index in [0.29, 0.717) is 41.2 Å². The van der Waals surface area contributed by atoms with Gasteiger partial charge in [-0.3, -0.25) is 9.59 Å². The maximum atomic E-state index is 12.0. The lowest BCUT2D eigenvalue weighted by Crippen LogP contribution is -2.18. The fourth-order valence-electron chi connectivity index (χ4n) is 3.89.